The molecule has 3 nitrogen and oxygen atoms in total. The summed E-state index contributed by atoms with van der Waals surface area (Å²) in [6.45, 7) is 0.582. The van der Waals surface area contributed by atoms with Crippen LogP contribution in [0.3, 0.4) is 0 Å². The number of nitrogens with one attached hydrogen (secondary N) is 1. The lowest BCUT2D eigenvalue weighted by molar-refractivity contribution is 0.302. The number of benzene rings is 2. The van der Waals surface area contributed by atoms with Crippen molar-refractivity contribution in [3.63, 3.8) is 0 Å². The molecule has 0 radical (unpaired) electrons. The molecule has 3 aromatic rings. The molecule has 1 N–H and O–H groups in total. The Morgan fingerprint density at radius 1 is 1.00 bits per heavy atom. The predicted octanol–water partition coefficient (Wildman–Crippen LogP) is 5.67. The Balaban J connectivity index is 1.30. The fourth-order valence-electron chi connectivity index (χ4n) is 5.73. The van der Waals surface area contributed by atoms with Crippen molar-refractivity contribution >= 4 is 23.1 Å². The number of aromatic nitrogens is 1. The SMILES string of the molecule is O=c1[nH]c2c(s1)[C@H](c1ccc(OCc3ccccc3)cc1)C1C3CCC(C3)C1S2. The van der Waals surface area contributed by atoms with Gasteiger partial charge in [0.25, 0.3) is 0 Å². The highest BCUT2D eigenvalue weighted by molar-refractivity contribution is 8.00. The molecule has 0 spiro atoms. The third-order valence-electron chi connectivity index (χ3n) is 6.95. The van der Waals surface area contributed by atoms with E-state index < -0.39 is 0 Å². The maximum absolute atomic E-state index is 12.1. The highest BCUT2D eigenvalue weighted by Crippen LogP contribution is 2.63. The lowest BCUT2D eigenvalue weighted by Crippen LogP contribution is -2.33. The van der Waals surface area contributed by atoms with Gasteiger partial charge in [-0.2, -0.15) is 0 Å². The third kappa shape index (κ3) is 3.06. The molecule has 2 aliphatic carbocycles. The van der Waals surface area contributed by atoms with Crippen molar-refractivity contribution in [2.75, 3.05) is 0 Å². The number of aromatic amines is 1. The first-order valence-electron chi connectivity index (χ1n) is 10.4. The van der Waals surface area contributed by atoms with Crippen LogP contribution in [-0.2, 0) is 6.61 Å². The molecule has 5 atom stereocenters. The number of H-pyrrole nitrogens is 1. The molecule has 148 valence electrons. The van der Waals surface area contributed by atoms with E-state index in [-0.39, 0.29) is 4.87 Å². The molecule has 2 bridgehead atoms. The smallest absolute Gasteiger partial charge is 0.305 e. The molecule has 1 aromatic heterocycles. The molecule has 1 aliphatic heterocycles. The van der Waals surface area contributed by atoms with Crippen LogP contribution in [0.4, 0.5) is 0 Å². The molecule has 5 heteroatoms. The molecular formula is C24H23NO2S2. The largest absolute Gasteiger partial charge is 0.489 e. The minimum Gasteiger partial charge on any atom is -0.489 e. The monoisotopic (exact) mass is 421 g/mol. The predicted molar refractivity (Wildman–Crippen MR) is 118 cm³/mol. The molecule has 2 heterocycles. The Morgan fingerprint density at radius 2 is 1.79 bits per heavy atom. The normalized spacial score (nSPS) is 29.4. The zero-order valence-electron chi connectivity index (χ0n) is 16.0. The lowest BCUT2D eigenvalue weighted by Gasteiger charge is -2.40. The Morgan fingerprint density at radius 3 is 2.62 bits per heavy atom. The molecule has 6 rings (SSSR count). The van der Waals surface area contributed by atoms with Crippen LogP contribution in [0.5, 0.6) is 5.75 Å². The van der Waals surface area contributed by atoms with E-state index in [4.69, 9.17) is 4.74 Å². The van der Waals surface area contributed by atoms with E-state index in [0.29, 0.717) is 23.7 Å². The average molecular weight is 422 g/mol. The highest BCUT2D eigenvalue weighted by Gasteiger charge is 2.54. The van der Waals surface area contributed by atoms with Gasteiger partial charge >= 0.3 is 4.87 Å². The summed E-state index contributed by atoms with van der Waals surface area (Å²) in [5, 5.41) is 1.79. The molecule has 2 fully saturated rings. The zero-order valence-corrected chi connectivity index (χ0v) is 17.7. The summed E-state index contributed by atoms with van der Waals surface area (Å²) in [4.78, 5) is 16.6. The van der Waals surface area contributed by atoms with E-state index in [9.17, 15) is 4.79 Å². The third-order valence-corrected chi connectivity index (χ3v) is 9.58. The number of hydrogen-bond donors (Lipinski definition) is 1. The Labute approximate surface area is 178 Å². The van der Waals surface area contributed by atoms with Crippen molar-refractivity contribution in [1.82, 2.24) is 4.98 Å². The van der Waals surface area contributed by atoms with Crippen LogP contribution >= 0.6 is 23.1 Å². The summed E-state index contributed by atoms with van der Waals surface area (Å²) in [6.07, 6.45) is 4.09. The first kappa shape index (κ1) is 17.8. The first-order valence-corrected chi connectivity index (χ1v) is 12.1. The van der Waals surface area contributed by atoms with E-state index in [0.717, 1.165) is 22.6 Å². The average Bonchev–Trinajstić information content (AvgIpc) is 3.46. The number of fused-ring (bicyclic) bond motifs is 6. The van der Waals surface area contributed by atoms with Crippen LogP contribution < -0.4 is 9.61 Å². The fraction of sp³-hybridized carbons (Fsp3) is 0.375. The summed E-state index contributed by atoms with van der Waals surface area (Å²) < 4.78 is 5.99. The van der Waals surface area contributed by atoms with Crippen LogP contribution in [0.1, 0.15) is 41.2 Å². The van der Waals surface area contributed by atoms with Gasteiger partial charge in [-0.3, -0.25) is 4.79 Å². The number of ether oxygens (including phenoxy) is 1. The van der Waals surface area contributed by atoms with Crippen LogP contribution in [0.15, 0.2) is 64.4 Å². The lowest BCUT2D eigenvalue weighted by atomic mass is 9.75. The van der Waals surface area contributed by atoms with Crippen molar-refractivity contribution in [3.8, 4) is 5.75 Å². The molecule has 29 heavy (non-hydrogen) atoms. The fourth-order valence-corrected chi connectivity index (χ4v) is 8.63. The summed E-state index contributed by atoms with van der Waals surface area (Å²) in [5.74, 6) is 3.53. The van der Waals surface area contributed by atoms with Gasteiger partial charge in [-0.15, -0.1) is 11.8 Å². The molecule has 2 aromatic carbocycles. The van der Waals surface area contributed by atoms with Crippen molar-refractivity contribution < 1.29 is 4.74 Å². The summed E-state index contributed by atoms with van der Waals surface area (Å²) in [5.41, 5.74) is 2.50. The Kier molecular flexibility index (Phi) is 4.35. The van der Waals surface area contributed by atoms with Gasteiger partial charge in [-0.1, -0.05) is 53.8 Å². The Hall–Kier alpha value is -1.98. The number of thioether (sulfide) groups is 1. The van der Waals surface area contributed by atoms with E-state index in [1.54, 1.807) is 0 Å². The summed E-state index contributed by atoms with van der Waals surface area (Å²) in [7, 11) is 0. The molecule has 3 aliphatic rings. The van der Waals surface area contributed by atoms with Gasteiger partial charge in [0.15, 0.2) is 0 Å². The van der Waals surface area contributed by atoms with Gasteiger partial charge in [0.05, 0.1) is 5.03 Å². The number of rotatable bonds is 4. The minimum absolute atomic E-state index is 0.0858. The van der Waals surface area contributed by atoms with Gasteiger partial charge < -0.3 is 9.72 Å². The summed E-state index contributed by atoms with van der Waals surface area (Å²) >= 11 is 3.37. The van der Waals surface area contributed by atoms with E-state index in [1.165, 1.54) is 46.6 Å². The van der Waals surface area contributed by atoms with Gasteiger partial charge in [0.2, 0.25) is 0 Å². The van der Waals surface area contributed by atoms with Gasteiger partial charge in [0.1, 0.15) is 12.4 Å². The molecule has 4 unspecified atom stereocenters. The maximum atomic E-state index is 12.1. The second kappa shape index (κ2) is 7.06. The summed E-state index contributed by atoms with van der Waals surface area (Å²) in [6, 6.07) is 18.9. The van der Waals surface area contributed by atoms with Gasteiger partial charge in [-0.25, -0.2) is 0 Å². The van der Waals surface area contributed by atoms with E-state index in [2.05, 4.69) is 41.4 Å². The first-order chi connectivity index (χ1) is 14.3. The number of thiazole rings is 1. The van der Waals surface area contributed by atoms with Crippen molar-refractivity contribution in [2.24, 2.45) is 17.8 Å². The Bertz CT molecular complexity index is 1070. The van der Waals surface area contributed by atoms with Gasteiger partial charge in [-0.05, 0) is 60.3 Å². The van der Waals surface area contributed by atoms with Gasteiger partial charge in [0, 0.05) is 16.0 Å². The standard InChI is InChI=1S/C24H23NO2S2/c26-24-25-23-22(29-24)19(20-16-6-7-17(12-16)21(20)28-23)15-8-10-18(11-9-15)27-13-14-4-2-1-3-5-14/h1-5,8-11,16-17,19-21H,6-7,12-13H2,(H,25,26)/t16?,17?,19-,20?,21?/m1/s1. The maximum Gasteiger partial charge on any atom is 0.305 e. The number of hydrogen-bond acceptors (Lipinski definition) is 4. The minimum atomic E-state index is 0.0858. The van der Waals surface area contributed by atoms with Crippen molar-refractivity contribution in [1.29, 1.82) is 0 Å². The van der Waals surface area contributed by atoms with Crippen LogP contribution in [0.2, 0.25) is 0 Å². The second-order valence-corrected chi connectivity index (χ2v) is 10.7. The van der Waals surface area contributed by atoms with Crippen LogP contribution in [0.25, 0.3) is 0 Å². The molecule has 0 saturated heterocycles. The van der Waals surface area contributed by atoms with Crippen LogP contribution in [-0.4, -0.2) is 10.2 Å². The quantitative estimate of drug-likeness (QED) is 0.590. The zero-order chi connectivity index (χ0) is 19.4. The molecule has 2 saturated carbocycles. The van der Waals surface area contributed by atoms with Crippen LogP contribution in [0, 0.1) is 17.8 Å². The van der Waals surface area contributed by atoms with Crippen molar-refractivity contribution in [3.05, 3.63) is 80.3 Å². The molecule has 0 amide bonds. The molecular weight excluding hydrogens is 398 g/mol. The topological polar surface area (TPSA) is 42.1 Å². The highest BCUT2D eigenvalue weighted by atomic mass is 32.2. The van der Waals surface area contributed by atoms with E-state index in [1.807, 2.05) is 30.0 Å². The van der Waals surface area contributed by atoms with Crippen molar-refractivity contribution in [2.45, 2.75) is 42.1 Å². The van der Waals surface area contributed by atoms with E-state index >= 15 is 0 Å². The second-order valence-electron chi connectivity index (χ2n) is 8.52.